The van der Waals surface area contributed by atoms with Crippen LogP contribution in [0.4, 0.5) is 5.69 Å². The number of aromatic amines is 1. The number of rotatable bonds is 2. The van der Waals surface area contributed by atoms with Crippen molar-refractivity contribution in [1.82, 2.24) is 9.97 Å². The van der Waals surface area contributed by atoms with Crippen LogP contribution < -0.4 is 4.90 Å². The Morgan fingerprint density at radius 1 is 0.857 bits per heavy atom. The lowest BCUT2D eigenvalue weighted by Gasteiger charge is -2.28. The normalized spacial score (nSPS) is 15.5. The largest absolute Gasteiger partial charge is 0.372 e. The molecule has 0 spiro atoms. The Bertz CT molecular complexity index is 704. The smallest absolute Gasteiger partial charge is 0.138 e. The highest BCUT2D eigenvalue weighted by Gasteiger charge is 2.11. The van der Waals surface area contributed by atoms with Gasteiger partial charge in [-0.1, -0.05) is 12.1 Å². The molecule has 1 fully saturated rings. The van der Waals surface area contributed by atoms with E-state index in [-0.39, 0.29) is 0 Å². The van der Waals surface area contributed by atoms with E-state index >= 15 is 0 Å². The maximum Gasteiger partial charge on any atom is 0.138 e. The minimum atomic E-state index is 0.946. The predicted molar refractivity (Wildman–Crippen MR) is 87.6 cm³/mol. The van der Waals surface area contributed by atoms with E-state index in [2.05, 4.69) is 45.2 Å². The van der Waals surface area contributed by atoms with E-state index in [0.29, 0.717) is 0 Å². The van der Waals surface area contributed by atoms with Crippen LogP contribution in [0.15, 0.2) is 48.5 Å². The van der Waals surface area contributed by atoms with Crippen LogP contribution >= 0.6 is 0 Å². The SMILES string of the molecule is c1ccc2[nH]c(-c3ccc(N4CCCCC4)cc3)nc2c1. The van der Waals surface area contributed by atoms with E-state index in [0.717, 1.165) is 22.4 Å². The number of piperidine rings is 1. The van der Waals surface area contributed by atoms with Crippen molar-refractivity contribution in [3.05, 3.63) is 48.5 Å². The Hall–Kier alpha value is -2.29. The van der Waals surface area contributed by atoms with Crippen molar-refractivity contribution >= 4 is 16.7 Å². The summed E-state index contributed by atoms with van der Waals surface area (Å²) in [5, 5.41) is 0. The van der Waals surface area contributed by atoms with Crippen molar-refractivity contribution in [1.29, 1.82) is 0 Å². The number of nitrogens with one attached hydrogen (secondary N) is 1. The zero-order valence-corrected chi connectivity index (χ0v) is 12.0. The van der Waals surface area contributed by atoms with E-state index in [1.165, 1.54) is 38.0 Å². The molecule has 3 heteroatoms. The number of hydrogen-bond donors (Lipinski definition) is 1. The molecular weight excluding hydrogens is 258 g/mol. The maximum absolute atomic E-state index is 4.66. The fourth-order valence-electron chi connectivity index (χ4n) is 3.07. The van der Waals surface area contributed by atoms with E-state index in [1.54, 1.807) is 0 Å². The molecule has 1 aliphatic heterocycles. The van der Waals surface area contributed by atoms with Gasteiger partial charge in [0.25, 0.3) is 0 Å². The van der Waals surface area contributed by atoms with Crippen LogP contribution in [-0.2, 0) is 0 Å². The summed E-state index contributed by atoms with van der Waals surface area (Å²) in [7, 11) is 0. The second-order valence-corrected chi connectivity index (χ2v) is 5.70. The van der Waals surface area contributed by atoms with Gasteiger partial charge in [0.2, 0.25) is 0 Å². The molecule has 2 aromatic carbocycles. The summed E-state index contributed by atoms with van der Waals surface area (Å²) in [5.41, 5.74) is 4.58. The highest BCUT2D eigenvalue weighted by Crippen LogP contribution is 2.25. The Morgan fingerprint density at radius 3 is 2.38 bits per heavy atom. The quantitative estimate of drug-likeness (QED) is 0.760. The first-order chi connectivity index (χ1) is 10.4. The third kappa shape index (κ3) is 2.40. The zero-order valence-electron chi connectivity index (χ0n) is 12.0. The fraction of sp³-hybridized carbons (Fsp3) is 0.278. The topological polar surface area (TPSA) is 31.9 Å². The summed E-state index contributed by atoms with van der Waals surface area (Å²) in [6, 6.07) is 16.9. The predicted octanol–water partition coefficient (Wildman–Crippen LogP) is 4.22. The minimum Gasteiger partial charge on any atom is -0.372 e. The highest BCUT2D eigenvalue weighted by molar-refractivity contribution is 5.79. The van der Waals surface area contributed by atoms with E-state index in [4.69, 9.17) is 0 Å². The molecule has 0 bridgehead atoms. The molecule has 0 radical (unpaired) electrons. The van der Waals surface area contributed by atoms with Crippen LogP contribution in [0.1, 0.15) is 19.3 Å². The number of benzene rings is 2. The molecule has 21 heavy (non-hydrogen) atoms. The second kappa shape index (κ2) is 5.24. The number of imidazole rings is 1. The molecule has 0 amide bonds. The molecule has 2 heterocycles. The zero-order chi connectivity index (χ0) is 14.1. The van der Waals surface area contributed by atoms with E-state index in [9.17, 15) is 0 Å². The average Bonchev–Trinajstić information content (AvgIpc) is 3.00. The lowest BCUT2D eigenvalue weighted by Crippen LogP contribution is -2.29. The molecule has 1 aromatic heterocycles. The van der Waals surface area contributed by atoms with Crippen molar-refractivity contribution < 1.29 is 0 Å². The molecule has 106 valence electrons. The first-order valence-electron chi connectivity index (χ1n) is 7.70. The fourth-order valence-corrected chi connectivity index (χ4v) is 3.07. The monoisotopic (exact) mass is 277 g/mol. The van der Waals surface area contributed by atoms with Crippen molar-refractivity contribution in [3.63, 3.8) is 0 Å². The van der Waals surface area contributed by atoms with Crippen LogP contribution in [-0.4, -0.2) is 23.1 Å². The standard InChI is InChI=1S/C18H19N3/c1-4-12-21(13-5-1)15-10-8-14(9-11-15)18-19-16-6-2-3-7-17(16)20-18/h2-3,6-11H,1,4-5,12-13H2,(H,19,20). The van der Waals surface area contributed by atoms with E-state index in [1.807, 2.05) is 18.2 Å². The Kier molecular flexibility index (Phi) is 3.11. The van der Waals surface area contributed by atoms with Gasteiger partial charge in [-0.3, -0.25) is 0 Å². The van der Waals surface area contributed by atoms with Crippen molar-refractivity contribution in [3.8, 4) is 11.4 Å². The van der Waals surface area contributed by atoms with Gasteiger partial charge in [-0.25, -0.2) is 4.98 Å². The van der Waals surface area contributed by atoms with Gasteiger partial charge in [0.15, 0.2) is 0 Å². The lowest BCUT2D eigenvalue weighted by molar-refractivity contribution is 0.578. The van der Waals surface area contributed by atoms with Gasteiger partial charge in [0.1, 0.15) is 5.82 Å². The Morgan fingerprint density at radius 2 is 1.62 bits per heavy atom. The van der Waals surface area contributed by atoms with Gasteiger partial charge >= 0.3 is 0 Å². The number of para-hydroxylation sites is 2. The number of H-pyrrole nitrogens is 1. The third-order valence-corrected chi connectivity index (χ3v) is 4.25. The molecule has 1 saturated heterocycles. The first kappa shape index (κ1) is 12.5. The van der Waals surface area contributed by atoms with Crippen molar-refractivity contribution in [2.75, 3.05) is 18.0 Å². The van der Waals surface area contributed by atoms with Crippen LogP contribution in [0.2, 0.25) is 0 Å². The number of nitrogens with zero attached hydrogens (tertiary/aromatic N) is 2. The summed E-state index contributed by atoms with van der Waals surface area (Å²) < 4.78 is 0. The maximum atomic E-state index is 4.66. The van der Waals surface area contributed by atoms with Crippen LogP contribution in [0, 0.1) is 0 Å². The highest BCUT2D eigenvalue weighted by atomic mass is 15.1. The molecular formula is C18H19N3. The molecule has 0 unspecified atom stereocenters. The summed E-state index contributed by atoms with van der Waals surface area (Å²) in [5.74, 6) is 0.946. The van der Waals surface area contributed by atoms with Gasteiger partial charge in [-0.15, -0.1) is 0 Å². The summed E-state index contributed by atoms with van der Waals surface area (Å²) in [6.07, 6.45) is 3.99. The lowest BCUT2D eigenvalue weighted by atomic mass is 10.1. The molecule has 3 aromatic rings. The number of fused-ring (bicyclic) bond motifs is 1. The van der Waals surface area contributed by atoms with Gasteiger partial charge in [-0.2, -0.15) is 0 Å². The van der Waals surface area contributed by atoms with Crippen molar-refractivity contribution in [2.45, 2.75) is 19.3 Å². The summed E-state index contributed by atoms with van der Waals surface area (Å²) >= 11 is 0. The van der Waals surface area contributed by atoms with Crippen molar-refractivity contribution in [2.24, 2.45) is 0 Å². The van der Waals surface area contributed by atoms with Crippen LogP contribution in [0.25, 0.3) is 22.4 Å². The minimum absolute atomic E-state index is 0.946. The molecule has 0 atom stereocenters. The molecule has 0 saturated carbocycles. The van der Waals surface area contributed by atoms with Gasteiger partial charge < -0.3 is 9.88 Å². The van der Waals surface area contributed by atoms with Gasteiger partial charge in [0, 0.05) is 24.3 Å². The molecule has 1 N–H and O–H groups in total. The number of aromatic nitrogens is 2. The second-order valence-electron chi connectivity index (χ2n) is 5.70. The van der Waals surface area contributed by atoms with Crippen LogP contribution in [0.3, 0.4) is 0 Å². The Labute approximate surface area is 124 Å². The molecule has 3 nitrogen and oxygen atoms in total. The van der Waals surface area contributed by atoms with E-state index < -0.39 is 0 Å². The molecule has 1 aliphatic rings. The van der Waals surface area contributed by atoms with Gasteiger partial charge in [0.05, 0.1) is 11.0 Å². The number of anilines is 1. The molecule has 4 rings (SSSR count). The average molecular weight is 277 g/mol. The first-order valence-corrected chi connectivity index (χ1v) is 7.70. The summed E-state index contributed by atoms with van der Waals surface area (Å²) in [4.78, 5) is 10.5. The third-order valence-electron chi connectivity index (χ3n) is 4.25. The Balaban J connectivity index is 1.63. The van der Waals surface area contributed by atoms with Gasteiger partial charge in [-0.05, 0) is 55.7 Å². The number of hydrogen-bond acceptors (Lipinski definition) is 2. The van der Waals surface area contributed by atoms with Crippen LogP contribution in [0.5, 0.6) is 0 Å². The summed E-state index contributed by atoms with van der Waals surface area (Å²) in [6.45, 7) is 2.37. The molecule has 0 aliphatic carbocycles.